The van der Waals surface area contributed by atoms with E-state index in [1.54, 1.807) is 0 Å². The molecule has 2 bridgehead atoms. The van der Waals surface area contributed by atoms with Crippen LogP contribution in [0.2, 0.25) is 0 Å². The zero-order valence-electron chi connectivity index (χ0n) is 13.3. The molecule has 1 N–H and O–H groups in total. The van der Waals surface area contributed by atoms with Gasteiger partial charge in [-0.05, 0) is 61.8 Å². The van der Waals surface area contributed by atoms with Crippen molar-refractivity contribution in [3.63, 3.8) is 0 Å². The average molecular weight is 278 g/mol. The lowest BCUT2D eigenvalue weighted by atomic mass is 9.77. The summed E-state index contributed by atoms with van der Waals surface area (Å²) in [5, 5.41) is 3.46. The summed E-state index contributed by atoms with van der Waals surface area (Å²) in [6.45, 7) is 6.43. The quantitative estimate of drug-likeness (QED) is 0.861. The first-order valence-corrected chi connectivity index (χ1v) is 8.46. The van der Waals surface area contributed by atoms with E-state index in [0.29, 0.717) is 5.91 Å². The largest absolute Gasteiger partial charge is 0.344 e. The number of piperidine rings is 1. The van der Waals surface area contributed by atoms with Crippen molar-refractivity contribution in [2.75, 3.05) is 20.1 Å². The molecule has 3 fully saturated rings. The molecule has 2 aliphatic carbocycles. The van der Waals surface area contributed by atoms with Crippen LogP contribution in [0.4, 0.5) is 0 Å². The third-order valence-electron chi connectivity index (χ3n) is 6.14. The summed E-state index contributed by atoms with van der Waals surface area (Å²) >= 11 is 0. The van der Waals surface area contributed by atoms with Gasteiger partial charge in [0.1, 0.15) is 0 Å². The molecule has 0 spiro atoms. The first-order valence-electron chi connectivity index (χ1n) is 8.46. The van der Waals surface area contributed by atoms with Crippen LogP contribution >= 0.6 is 0 Å². The Kier molecular flexibility index (Phi) is 3.83. The average Bonchev–Trinajstić information content (AvgIpc) is 2.99. The maximum atomic E-state index is 12.8. The van der Waals surface area contributed by atoms with E-state index < -0.39 is 0 Å². The Morgan fingerprint density at radius 2 is 2.10 bits per heavy atom. The van der Waals surface area contributed by atoms with Crippen molar-refractivity contribution in [2.45, 2.75) is 58.4 Å². The molecule has 1 heterocycles. The van der Waals surface area contributed by atoms with Crippen molar-refractivity contribution in [1.82, 2.24) is 10.2 Å². The van der Waals surface area contributed by atoms with Crippen molar-refractivity contribution in [1.29, 1.82) is 0 Å². The van der Waals surface area contributed by atoms with Gasteiger partial charge in [-0.3, -0.25) is 4.79 Å². The molecule has 2 saturated carbocycles. The second-order valence-corrected chi connectivity index (χ2v) is 8.13. The Balaban J connectivity index is 1.59. The number of likely N-dealkylation sites (N-methyl/N-ethyl adjacent to an activating group) is 1. The van der Waals surface area contributed by atoms with Crippen LogP contribution in [0.5, 0.6) is 0 Å². The van der Waals surface area contributed by atoms with Crippen LogP contribution in [0.3, 0.4) is 0 Å². The maximum absolute atomic E-state index is 12.8. The number of amides is 1. The predicted octanol–water partition coefficient (Wildman–Crippen LogP) is 2.66. The Hall–Kier alpha value is -0.570. The van der Waals surface area contributed by atoms with Crippen molar-refractivity contribution in [3.8, 4) is 0 Å². The lowest BCUT2D eigenvalue weighted by Crippen LogP contribution is -2.56. The first kappa shape index (κ1) is 14.4. The van der Waals surface area contributed by atoms with Gasteiger partial charge in [-0.15, -0.1) is 0 Å². The van der Waals surface area contributed by atoms with Crippen LogP contribution in [0.15, 0.2) is 0 Å². The molecule has 1 aliphatic heterocycles. The smallest absolute Gasteiger partial charge is 0.240 e. The van der Waals surface area contributed by atoms with E-state index in [1.807, 2.05) is 11.9 Å². The number of fused-ring (bicyclic) bond motifs is 2. The molecule has 3 nitrogen and oxygen atoms in total. The molecule has 0 aromatic rings. The van der Waals surface area contributed by atoms with Gasteiger partial charge in [0, 0.05) is 13.6 Å². The van der Waals surface area contributed by atoms with Gasteiger partial charge in [0.15, 0.2) is 0 Å². The van der Waals surface area contributed by atoms with Crippen LogP contribution in [-0.4, -0.2) is 37.0 Å². The van der Waals surface area contributed by atoms with Crippen molar-refractivity contribution in [3.05, 3.63) is 0 Å². The number of carbonyl (C=O) groups is 1. The van der Waals surface area contributed by atoms with Crippen molar-refractivity contribution in [2.24, 2.45) is 23.2 Å². The van der Waals surface area contributed by atoms with Crippen LogP contribution in [0.1, 0.15) is 52.4 Å². The number of carbonyl (C=O) groups excluding carboxylic acids is 1. The van der Waals surface area contributed by atoms with Crippen molar-refractivity contribution < 1.29 is 4.79 Å². The highest BCUT2D eigenvalue weighted by atomic mass is 16.2. The highest BCUT2D eigenvalue weighted by Gasteiger charge is 2.42. The summed E-state index contributed by atoms with van der Waals surface area (Å²) in [4.78, 5) is 14.8. The minimum Gasteiger partial charge on any atom is -0.344 e. The normalized spacial score (nSPS) is 39.0. The fraction of sp³-hybridized carbons (Fsp3) is 0.941. The number of hydrogen-bond acceptors (Lipinski definition) is 2. The Bertz CT molecular complexity index is 379. The van der Waals surface area contributed by atoms with Gasteiger partial charge in [0.25, 0.3) is 0 Å². The topological polar surface area (TPSA) is 32.3 Å². The van der Waals surface area contributed by atoms with Gasteiger partial charge in [-0.2, -0.15) is 0 Å². The summed E-state index contributed by atoms with van der Waals surface area (Å²) in [5.41, 5.74) is 0.0955. The lowest BCUT2D eigenvalue weighted by Gasteiger charge is -2.40. The van der Waals surface area contributed by atoms with Gasteiger partial charge < -0.3 is 10.2 Å². The van der Waals surface area contributed by atoms with Crippen molar-refractivity contribution >= 4 is 5.91 Å². The summed E-state index contributed by atoms with van der Waals surface area (Å²) in [5.74, 6) is 2.97. The second kappa shape index (κ2) is 5.32. The number of nitrogens with one attached hydrogen (secondary N) is 1. The van der Waals surface area contributed by atoms with Crippen LogP contribution in [0.25, 0.3) is 0 Å². The minimum atomic E-state index is 0.0137. The van der Waals surface area contributed by atoms with Crippen LogP contribution < -0.4 is 5.32 Å². The van der Waals surface area contributed by atoms with Crippen LogP contribution in [-0.2, 0) is 4.79 Å². The number of hydrogen-bond donors (Lipinski definition) is 1. The molecular formula is C17H30N2O. The van der Waals surface area contributed by atoms with Crippen LogP contribution in [0, 0.1) is 23.2 Å². The Morgan fingerprint density at radius 1 is 1.30 bits per heavy atom. The molecule has 4 unspecified atom stereocenters. The summed E-state index contributed by atoms with van der Waals surface area (Å²) < 4.78 is 0. The van der Waals surface area contributed by atoms with Gasteiger partial charge in [-0.1, -0.05) is 20.3 Å². The predicted molar refractivity (Wildman–Crippen MR) is 81.4 cm³/mol. The summed E-state index contributed by atoms with van der Waals surface area (Å²) in [7, 11) is 2.01. The molecule has 0 aromatic heterocycles. The van der Waals surface area contributed by atoms with Gasteiger partial charge >= 0.3 is 0 Å². The molecule has 3 aliphatic rings. The third-order valence-corrected chi connectivity index (χ3v) is 6.14. The zero-order chi connectivity index (χ0) is 14.3. The maximum Gasteiger partial charge on any atom is 0.240 e. The number of rotatable bonds is 3. The SMILES string of the molecule is CN(CC1CC2CCC1C2)C(=O)C1NCCCC1(C)C. The molecule has 1 saturated heterocycles. The molecule has 3 rings (SSSR count). The third kappa shape index (κ3) is 2.61. The van der Waals surface area contributed by atoms with E-state index in [4.69, 9.17) is 0 Å². The highest BCUT2D eigenvalue weighted by molar-refractivity contribution is 5.82. The van der Waals surface area contributed by atoms with Gasteiger partial charge in [0.2, 0.25) is 5.91 Å². The lowest BCUT2D eigenvalue weighted by molar-refractivity contribution is -0.136. The van der Waals surface area contributed by atoms with E-state index in [0.717, 1.165) is 37.3 Å². The van der Waals surface area contributed by atoms with E-state index in [1.165, 1.54) is 32.1 Å². The van der Waals surface area contributed by atoms with E-state index in [2.05, 4.69) is 19.2 Å². The Labute approximate surface area is 123 Å². The first-order chi connectivity index (χ1) is 9.47. The molecular weight excluding hydrogens is 248 g/mol. The molecule has 3 heteroatoms. The molecule has 20 heavy (non-hydrogen) atoms. The monoisotopic (exact) mass is 278 g/mol. The van der Waals surface area contributed by atoms with Gasteiger partial charge in [0.05, 0.1) is 6.04 Å². The molecule has 0 radical (unpaired) electrons. The number of nitrogens with zero attached hydrogens (tertiary/aromatic N) is 1. The highest BCUT2D eigenvalue weighted by Crippen LogP contribution is 2.48. The van der Waals surface area contributed by atoms with E-state index in [-0.39, 0.29) is 11.5 Å². The minimum absolute atomic E-state index is 0.0137. The Morgan fingerprint density at radius 3 is 2.70 bits per heavy atom. The van der Waals surface area contributed by atoms with E-state index in [9.17, 15) is 4.79 Å². The van der Waals surface area contributed by atoms with Gasteiger partial charge in [-0.25, -0.2) is 0 Å². The fourth-order valence-corrected chi connectivity index (χ4v) is 4.89. The standard InChI is InChI=1S/C17H30N2O/c1-17(2)7-4-8-18-15(17)16(20)19(3)11-14-10-12-5-6-13(14)9-12/h12-15,18H,4-11H2,1-3H3. The molecule has 4 atom stereocenters. The molecule has 0 aromatic carbocycles. The molecule has 1 amide bonds. The summed E-state index contributed by atoms with van der Waals surface area (Å²) in [6.07, 6.45) is 7.98. The fourth-order valence-electron chi connectivity index (χ4n) is 4.89. The second-order valence-electron chi connectivity index (χ2n) is 8.13. The zero-order valence-corrected chi connectivity index (χ0v) is 13.3. The summed E-state index contributed by atoms with van der Waals surface area (Å²) in [6, 6.07) is 0.0137. The molecule has 114 valence electrons. The van der Waals surface area contributed by atoms with E-state index >= 15 is 0 Å².